The molecule has 3 N–H and O–H groups in total. The van der Waals surface area contributed by atoms with Crippen LogP contribution >= 0.6 is 0 Å². The fraction of sp³-hybridized carbons (Fsp3) is 0.467. The summed E-state index contributed by atoms with van der Waals surface area (Å²) in [6.45, 7) is 2.97. The fourth-order valence-corrected chi connectivity index (χ4v) is 2.17. The Labute approximate surface area is 124 Å². The number of carbonyl (C=O) groups excluding carboxylic acids is 2. The third-order valence-corrected chi connectivity index (χ3v) is 3.39. The largest absolute Gasteiger partial charge is 0.447 e. The van der Waals surface area contributed by atoms with Crippen molar-refractivity contribution in [3.8, 4) is 0 Å². The normalized spacial score (nSPS) is 15.7. The molecule has 0 aliphatic carbocycles. The van der Waals surface area contributed by atoms with Crippen molar-refractivity contribution >= 4 is 23.4 Å². The van der Waals surface area contributed by atoms with Crippen LogP contribution in [0.4, 0.5) is 16.2 Å². The minimum Gasteiger partial charge on any atom is -0.447 e. The predicted octanol–water partition coefficient (Wildman–Crippen LogP) is 2.10. The second-order valence-electron chi connectivity index (χ2n) is 5.05. The molecule has 1 aliphatic rings. The van der Waals surface area contributed by atoms with Crippen molar-refractivity contribution in [1.29, 1.82) is 0 Å². The topological polar surface area (TPSA) is 84.7 Å². The molecule has 1 atom stereocenters. The van der Waals surface area contributed by atoms with E-state index in [9.17, 15) is 9.59 Å². The van der Waals surface area contributed by atoms with Gasteiger partial charge in [0.25, 0.3) is 0 Å². The average molecular weight is 291 g/mol. The zero-order valence-corrected chi connectivity index (χ0v) is 12.2. The van der Waals surface area contributed by atoms with E-state index in [1.807, 2.05) is 0 Å². The second-order valence-corrected chi connectivity index (χ2v) is 5.05. The Bertz CT molecular complexity index is 519. The van der Waals surface area contributed by atoms with Crippen molar-refractivity contribution in [3.05, 3.63) is 24.3 Å². The Balaban J connectivity index is 2.01. The number of hydrogen-bond acceptors (Lipinski definition) is 4. The van der Waals surface area contributed by atoms with Gasteiger partial charge >= 0.3 is 6.09 Å². The Morgan fingerprint density at radius 1 is 1.52 bits per heavy atom. The van der Waals surface area contributed by atoms with Gasteiger partial charge in [0.05, 0.1) is 12.6 Å². The molecule has 1 heterocycles. The van der Waals surface area contributed by atoms with Gasteiger partial charge in [-0.1, -0.05) is 25.8 Å². The first-order valence-corrected chi connectivity index (χ1v) is 7.22. The molecule has 6 heteroatoms. The smallest absolute Gasteiger partial charge is 0.414 e. The van der Waals surface area contributed by atoms with E-state index in [2.05, 4.69) is 12.2 Å². The van der Waals surface area contributed by atoms with Gasteiger partial charge in [0.15, 0.2) is 0 Å². The zero-order chi connectivity index (χ0) is 15.2. The van der Waals surface area contributed by atoms with Crippen LogP contribution < -0.4 is 16.0 Å². The van der Waals surface area contributed by atoms with Crippen LogP contribution in [0.1, 0.15) is 26.2 Å². The molecule has 0 saturated carbocycles. The number of nitrogens with zero attached hydrogens (tertiary/aromatic N) is 1. The number of unbranched alkanes of at least 4 members (excludes halogenated alkanes) is 1. The molecule has 0 bridgehead atoms. The van der Waals surface area contributed by atoms with E-state index in [0.29, 0.717) is 30.9 Å². The minimum absolute atomic E-state index is 0.204. The highest BCUT2D eigenvalue weighted by Gasteiger charge is 2.23. The number of carbonyl (C=O) groups is 2. The van der Waals surface area contributed by atoms with Gasteiger partial charge in [0.1, 0.15) is 6.61 Å². The summed E-state index contributed by atoms with van der Waals surface area (Å²) in [4.78, 5) is 25.0. The molecule has 0 radical (unpaired) electrons. The number of rotatable bonds is 6. The molecule has 0 aromatic heterocycles. The molecule has 1 aliphatic heterocycles. The quantitative estimate of drug-likeness (QED) is 0.840. The summed E-state index contributed by atoms with van der Waals surface area (Å²) in [6, 6.07) is 6.60. The number of ether oxygens (including phenoxy) is 1. The molecular formula is C15H21N3O3. The molecule has 0 unspecified atom stereocenters. The lowest BCUT2D eigenvalue weighted by molar-refractivity contribution is -0.117. The highest BCUT2D eigenvalue weighted by atomic mass is 16.6. The predicted molar refractivity (Wildman–Crippen MR) is 81.3 cm³/mol. The van der Waals surface area contributed by atoms with Crippen molar-refractivity contribution in [3.63, 3.8) is 0 Å². The maximum atomic E-state index is 12.0. The van der Waals surface area contributed by atoms with Gasteiger partial charge in [-0.3, -0.25) is 9.69 Å². The highest BCUT2D eigenvalue weighted by molar-refractivity contribution is 5.96. The lowest BCUT2D eigenvalue weighted by Gasteiger charge is -2.15. The summed E-state index contributed by atoms with van der Waals surface area (Å²) in [6.07, 6.45) is 2.24. The van der Waals surface area contributed by atoms with E-state index >= 15 is 0 Å². The number of nitrogens with one attached hydrogen (secondary N) is 1. The monoisotopic (exact) mass is 291 g/mol. The van der Waals surface area contributed by atoms with Crippen LogP contribution in [0.25, 0.3) is 0 Å². The van der Waals surface area contributed by atoms with E-state index in [4.69, 9.17) is 10.5 Å². The molecule has 0 spiro atoms. The Morgan fingerprint density at radius 2 is 2.33 bits per heavy atom. The molecular weight excluding hydrogens is 270 g/mol. The number of cyclic esters (lactones) is 1. The molecule has 1 fully saturated rings. The first kappa shape index (κ1) is 15.3. The third kappa shape index (κ3) is 3.95. The minimum atomic E-state index is -0.509. The molecule has 2 rings (SSSR count). The highest BCUT2D eigenvalue weighted by Crippen LogP contribution is 2.22. The number of hydrogen-bond donors (Lipinski definition) is 2. The van der Waals surface area contributed by atoms with E-state index in [0.717, 1.165) is 12.8 Å². The number of nitrogens with two attached hydrogens (primary N) is 1. The SMILES string of the molecule is CCCC[C@H](N)C(=O)Nc1cccc(N2CCOC2=O)c1. The van der Waals surface area contributed by atoms with Gasteiger partial charge in [-0.05, 0) is 24.6 Å². The maximum absolute atomic E-state index is 12.0. The van der Waals surface area contributed by atoms with Crippen molar-refractivity contribution < 1.29 is 14.3 Å². The van der Waals surface area contributed by atoms with Gasteiger partial charge < -0.3 is 15.8 Å². The summed E-state index contributed by atoms with van der Waals surface area (Å²) in [5.74, 6) is -0.204. The summed E-state index contributed by atoms with van der Waals surface area (Å²) in [5, 5.41) is 2.79. The van der Waals surface area contributed by atoms with E-state index < -0.39 is 6.04 Å². The summed E-state index contributed by atoms with van der Waals surface area (Å²) in [5.41, 5.74) is 7.17. The van der Waals surface area contributed by atoms with E-state index in [1.165, 1.54) is 4.90 Å². The van der Waals surface area contributed by atoms with Crippen molar-refractivity contribution in [2.24, 2.45) is 5.73 Å². The number of amides is 2. The number of anilines is 2. The van der Waals surface area contributed by atoms with Crippen LogP contribution in [0.2, 0.25) is 0 Å². The molecule has 21 heavy (non-hydrogen) atoms. The third-order valence-electron chi connectivity index (χ3n) is 3.39. The van der Waals surface area contributed by atoms with Gasteiger partial charge in [0, 0.05) is 11.4 Å². The Hall–Kier alpha value is -2.08. The standard InChI is InChI=1S/C15H21N3O3/c1-2-3-7-13(16)14(19)17-11-5-4-6-12(10-11)18-8-9-21-15(18)20/h4-6,10,13H,2-3,7-9,16H2,1H3,(H,17,19)/t13-/m0/s1. The lowest BCUT2D eigenvalue weighted by atomic mass is 10.1. The Kier molecular flexibility index (Phi) is 5.16. The first-order valence-electron chi connectivity index (χ1n) is 7.22. The summed E-state index contributed by atoms with van der Waals surface area (Å²) < 4.78 is 4.90. The maximum Gasteiger partial charge on any atom is 0.414 e. The lowest BCUT2D eigenvalue weighted by Crippen LogP contribution is -2.35. The molecule has 1 aromatic rings. The fourth-order valence-electron chi connectivity index (χ4n) is 2.17. The number of benzene rings is 1. The first-order chi connectivity index (χ1) is 10.1. The molecule has 1 aromatic carbocycles. The van der Waals surface area contributed by atoms with Crippen LogP contribution in [0.5, 0.6) is 0 Å². The molecule has 1 saturated heterocycles. The second kappa shape index (κ2) is 7.08. The molecule has 114 valence electrons. The van der Waals surface area contributed by atoms with Crippen LogP contribution in [0, 0.1) is 0 Å². The van der Waals surface area contributed by atoms with Gasteiger partial charge in [-0.25, -0.2) is 4.79 Å². The average Bonchev–Trinajstić information content (AvgIpc) is 2.91. The molecule has 6 nitrogen and oxygen atoms in total. The van der Waals surface area contributed by atoms with E-state index in [1.54, 1.807) is 24.3 Å². The van der Waals surface area contributed by atoms with Crippen LogP contribution in [0.3, 0.4) is 0 Å². The summed E-state index contributed by atoms with van der Waals surface area (Å²) in [7, 11) is 0. The van der Waals surface area contributed by atoms with Crippen LogP contribution in [-0.4, -0.2) is 31.2 Å². The van der Waals surface area contributed by atoms with Gasteiger partial charge in [0.2, 0.25) is 5.91 Å². The van der Waals surface area contributed by atoms with Gasteiger partial charge in [-0.15, -0.1) is 0 Å². The zero-order valence-electron chi connectivity index (χ0n) is 12.2. The van der Waals surface area contributed by atoms with Gasteiger partial charge in [-0.2, -0.15) is 0 Å². The summed E-state index contributed by atoms with van der Waals surface area (Å²) >= 11 is 0. The van der Waals surface area contributed by atoms with Crippen molar-refractivity contribution in [1.82, 2.24) is 0 Å². The van der Waals surface area contributed by atoms with Crippen molar-refractivity contribution in [2.45, 2.75) is 32.2 Å². The van der Waals surface area contributed by atoms with E-state index in [-0.39, 0.29) is 12.0 Å². The van der Waals surface area contributed by atoms with Crippen LogP contribution in [0.15, 0.2) is 24.3 Å². The Morgan fingerprint density at radius 3 is 3.00 bits per heavy atom. The van der Waals surface area contributed by atoms with Crippen LogP contribution in [-0.2, 0) is 9.53 Å². The molecule has 2 amide bonds. The van der Waals surface area contributed by atoms with Crippen molar-refractivity contribution in [2.75, 3.05) is 23.4 Å².